The molecule has 1 aliphatic rings. The summed E-state index contributed by atoms with van der Waals surface area (Å²) in [5, 5.41) is 3.55. The van der Waals surface area contributed by atoms with Crippen LogP contribution in [0, 0.1) is 0 Å². The van der Waals surface area contributed by atoms with Crippen LogP contribution >= 0.6 is 15.9 Å². The van der Waals surface area contributed by atoms with E-state index in [-0.39, 0.29) is 0 Å². The SMILES string of the molecule is CC(c1cccc(Br)c1)N(C)CC1CCCN1. The average molecular weight is 297 g/mol. The first-order chi connectivity index (χ1) is 8.16. The van der Waals surface area contributed by atoms with Crippen LogP contribution in [0.4, 0.5) is 0 Å². The molecular weight excluding hydrogens is 276 g/mol. The molecule has 2 nitrogen and oxygen atoms in total. The van der Waals surface area contributed by atoms with Gasteiger partial charge in [-0.25, -0.2) is 0 Å². The zero-order valence-electron chi connectivity index (χ0n) is 10.6. The molecular formula is C14H21BrN2. The van der Waals surface area contributed by atoms with Gasteiger partial charge in [0.25, 0.3) is 0 Å². The van der Waals surface area contributed by atoms with Crippen LogP contribution in [0.2, 0.25) is 0 Å². The standard InChI is InChI=1S/C14H21BrN2/c1-11(12-5-3-6-13(15)9-12)17(2)10-14-7-4-8-16-14/h3,5-6,9,11,14,16H,4,7-8,10H2,1-2H3. The molecule has 0 radical (unpaired) electrons. The molecule has 1 fully saturated rings. The summed E-state index contributed by atoms with van der Waals surface area (Å²) in [5.74, 6) is 0. The van der Waals surface area contributed by atoms with Crippen molar-refractivity contribution < 1.29 is 0 Å². The van der Waals surface area contributed by atoms with Crippen molar-refractivity contribution in [1.29, 1.82) is 0 Å². The van der Waals surface area contributed by atoms with Crippen molar-refractivity contribution in [3.63, 3.8) is 0 Å². The first kappa shape index (κ1) is 13.1. The van der Waals surface area contributed by atoms with Crippen LogP contribution in [0.15, 0.2) is 28.7 Å². The van der Waals surface area contributed by atoms with Crippen LogP contribution in [0.1, 0.15) is 31.4 Å². The van der Waals surface area contributed by atoms with Gasteiger partial charge in [0.15, 0.2) is 0 Å². The normalized spacial score (nSPS) is 22.0. The maximum Gasteiger partial charge on any atom is 0.0317 e. The summed E-state index contributed by atoms with van der Waals surface area (Å²) >= 11 is 3.54. The largest absolute Gasteiger partial charge is 0.313 e. The van der Waals surface area contributed by atoms with Crippen molar-refractivity contribution in [1.82, 2.24) is 10.2 Å². The van der Waals surface area contributed by atoms with Crippen molar-refractivity contribution in [2.75, 3.05) is 20.1 Å². The number of likely N-dealkylation sites (N-methyl/N-ethyl adjacent to an activating group) is 1. The molecule has 1 saturated heterocycles. The Kier molecular flexibility index (Phi) is 4.60. The van der Waals surface area contributed by atoms with Gasteiger partial charge in [0.05, 0.1) is 0 Å². The molecule has 0 aliphatic carbocycles. The molecule has 0 bridgehead atoms. The van der Waals surface area contributed by atoms with Crippen molar-refractivity contribution in [3.05, 3.63) is 34.3 Å². The highest BCUT2D eigenvalue weighted by molar-refractivity contribution is 9.10. The minimum atomic E-state index is 0.467. The molecule has 1 aromatic rings. The van der Waals surface area contributed by atoms with Gasteiger partial charge in [0, 0.05) is 23.1 Å². The molecule has 17 heavy (non-hydrogen) atoms. The van der Waals surface area contributed by atoms with Crippen LogP contribution in [-0.4, -0.2) is 31.1 Å². The molecule has 1 aromatic carbocycles. The van der Waals surface area contributed by atoms with Crippen LogP contribution in [0.25, 0.3) is 0 Å². The van der Waals surface area contributed by atoms with Gasteiger partial charge < -0.3 is 5.32 Å². The summed E-state index contributed by atoms with van der Waals surface area (Å²) in [6.45, 7) is 4.59. The molecule has 94 valence electrons. The highest BCUT2D eigenvalue weighted by Gasteiger charge is 2.19. The average Bonchev–Trinajstić information content (AvgIpc) is 2.80. The van der Waals surface area contributed by atoms with E-state index >= 15 is 0 Å². The van der Waals surface area contributed by atoms with Gasteiger partial charge in [0.2, 0.25) is 0 Å². The van der Waals surface area contributed by atoms with Crippen molar-refractivity contribution >= 4 is 15.9 Å². The molecule has 0 saturated carbocycles. The Morgan fingerprint density at radius 2 is 2.35 bits per heavy atom. The third-order valence-corrected chi connectivity index (χ3v) is 4.16. The molecule has 0 amide bonds. The summed E-state index contributed by atoms with van der Waals surface area (Å²) in [6, 6.07) is 9.74. The lowest BCUT2D eigenvalue weighted by atomic mass is 10.1. The van der Waals surface area contributed by atoms with Gasteiger partial charge in [-0.15, -0.1) is 0 Å². The maximum atomic E-state index is 3.55. The molecule has 1 N–H and O–H groups in total. The van der Waals surface area contributed by atoms with Crippen LogP contribution in [-0.2, 0) is 0 Å². The van der Waals surface area contributed by atoms with Gasteiger partial charge in [0.1, 0.15) is 0 Å². The summed E-state index contributed by atoms with van der Waals surface area (Å²) in [4.78, 5) is 2.44. The van der Waals surface area contributed by atoms with E-state index in [0.29, 0.717) is 12.1 Å². The third-order valence-electron chi connectivity index (χ3n) is 3.66. The second-order valence-corrected chi connectivity index (χ2v) is 5.88. The zero-order valence-corrected chi connectivity index (χ0v) is 12.2. The monoisotopic (exact) mass is 296 g/mol. The second-order valence-electron chi connectivity index (χ2n) is 4.96. The number of hydrogen-bond donors (Lipinski definition) is 1. The molecule has 2 atom stereocenters. The fourth-order valence-electron chi connectivity index (χ4n) is 2.44. The van der Waals surface area contributed by atoms with Crippen LogP contribution in [0.3, 0.4) is 0 Å². The Morgan fingerprint density at radius 1 is 1.53 bits per heavy atom. The first-order valence-corrected chi connectivity index (χ1v) is 7.15. The highest BCUT2D eigenvalue weighted by atomic mass is 79.9. The number of benzene rings is 1. The van der Waals surface area contributed by atoms with E-state index in [1.165, 1.54) is 24.9 Å². The number of nitrogens with zero attached hydrogens (tertiary/aromatic N) is 1. The molecule has 1 aliphatic heterocycles. The lowest BCUT2D eigenvalue weighted by Gasteiger charge is -2.28. The van der Waals surface area contributed by atoms with Gasteiger partial charge in [-0.2, -0.15) is 0 Å². The fourth-order valence-corrected chi connectivity index (χ4v) is 2.86. The predicted molar refractivity (Wildman–Crippen MR) is 76.2 cm³/mol. The summed E-state index contributed by atoms with van der Waals surface area (Å²) in [6.07, 6.45) is 2.64. The van der Waals surface area contributed by atoms with E-state index < -0.39 is 0 Å². The molecule has 2 rings (SSSR count). The number of halogens is 1. The zero-order chi connectivity index (χ0) is 12.3. The minimum Gasteiger partial charge on any atom is -0.313 e. The molecule has 1 heterocycles. The third kappa shape index (κ3) is 3.54. The van der Waals surface area contributed by atoms with E-state index in [4.69, 9.17) is 0 Å². The topological polar surface area (TPSA) is 15.3 Å². The first-order valence-electron chi connectivity index (χ1n) is 6.36. The minimum absolute atomic E-state index is 0.467. The molecule has 2 unspecified atom stereocenters. The van der Waals surface area contributed by atoms with E-state index in [1.54, 1.807) is 0 Å². The van der Waals surface area contributed by atoms with Crippen LogP contribution < -0.4 is 5.32 Å². The Morgan fingerprint density at radius 3 is 3.00 bits per heavy atom. The maximum absolute atomic E-state index is 3.55. The van der Waals surface area contributed by atoms with Gasteiger partial charge in [-0.1, -0.05) is 28.1 Å². The van der Waals surface area contributed by atoms with E-state index in [9.17, 15) is 0 Å². The number of rotatable bonds is 4. The smallest absolute Gasteiger partial charge is 0.0317 e. The second kappa shape index (κ2) is 5.98. The predicted octanol–water partition coefficient (Wildman–Crippen LogP) is 3.19. The van der Waals surface area contributed by atoms with Gasteiger partial charge in [-0.05, 0) is 51.1 Å². The van der Waals surface area contributed by atoms with Gasteiger partial charge in [-0.3, -0.25) is 4.90 Å². The summed E-state index contributed by atoms with van der Waals surface area (Å²) < 4.78 is 1.16. The lowest BCUT2D eigenvalue weighted by Crippen LogP contribution is -2.36. The van der Waals surface area contributed by atoms with Gasteiger partial charge >= 0.3 is 0 Å². The fraction of sp³-hybridized carbons (Fsp3) is 0.571. The Hall–Kier alpha value is -0.380. The highest BCUT2D eigenvalue weighted by Crippen LogP contribution is 2.22. The Labute approximate surface area is 113 Å². The quantitative estimate of drug-likeness (QED) is 0.918. The Bertz CT molecular complexity index is 361. The van der Waals surface area contributed by atoms with E-state index in [0.717, 1.165) is 11.0 Å². The summed E-state index contributed by atoms with van der Waals surface area (Å²) in [5.41, 5.74) is 1.37. The van der Waals surface area contributed by atoms with Crippen LogP contribution in [0.5, 0.6) is 0 Å². The summed E-state index contributed by atoms with van der Waals surface area (Å²) in [7, 11) is 2.21. The number of hydrogen-bond acceptors (Lipinski definition) is 2. The van der Waals surface area contributed by atoms with Crippen molar-refractivity contribution in [2.45, 2.75) is 31.8 Å². The van der Waals surface area contributed by atoms with Crippen molar-refractivity contribution in [3.8, 4) is 0 Å². The van der Waals surface area contributed by atoms with E-state index in [2.05, 4.69) is 64.4 Å². The van der Waals surface area contributed by atoms with Crippen molar-refractivity contribution in [2.24, 2.45) is 0 Å². The Balaban J connectivity index is 1.96. The molecule has 0 spiro atoms. The van der Waals surface area contributed by atoms with E-state index in [1.807, 2.05) is 0 Å². The molecule has 0 aromatic heterocycles. The lowest BCUT2D eigenvalue weighted by molar-refractivity contribution is 0.238. The molecule has 3 heteroatoms. The number of nitrogens with one attached hydrogen (secondary N) is 1.